The number of nitrogens with one attached hydrogen (secondary N) is 1. The average molecular weight is 278 g/mol. The number of hydrogen-bond acceptors (Lipinski definition) is 3. The van der Waals surface area contributed by atoms with Gasteiger partial charge in [0.15, 0.2) is 0 Å². The molecule has 0 aliphatic rings. The number of phenolic OH excluding ortho intramolecular Hbond substituents is 2. The van der Waals surface area contributed by atoms with Crippen molar-refractivity contribution in [3.05, 3.63) is 18.5 Å². The summed E-state index contributed by atoms with van der Waals surface area (Å²) in [6.07, 6.45) is 1.42. The first-order valence-electron chi connectivity index (χ1n) is 3.13. The number of aromatic nitrogens is 2. The molecule has 2 rings (SSSR count). The lowest BCUT2D eigenvalue weighted by molar-refractivity contribution is 0.468. The van der Waals surface area contributed by atoms with Crippen LogP contribution in [-0.2, 0) is 0 Å². The number of aromatic hydroxyl groups is 2. The lowest BCUT2D eigenvalue weighted by Crippen LogP contribution is -1.72. The molecule has 0 bridgehead atoms. The van der Waals surface area contributed by atoms with Crippen LogP contribution in [-0.4, -0.2) is 20.2 Å². The van der Waals surface area contributed by atoms with Crippen molar-refractivity contribution in [2.75, 3.05) is 0 Å². The molecular formula is C7H7IN2O2. The number of H-pyrrole nitrogens is 1. The lowest BCUT2D eigenvalue weighted by atomic mass is 10.3. The first-order valence-corrected chi connectivity index (χ1v) is 3.13. The summed E-state index contributed by atoms with van der Waals surface area (Å²) in [4.78, 5) is 6.52. The van der Waals surface area contributed by atoms with Crippen molar-refractivity contribution in [2.24, 2.45) is 0 Å². The molecule has 2 aromatic rings. The number of rotatable bonds is 0. The van der Waals surface area contributed by atoms with Crippen molar-refractivity contribution in [3.8, 4) is 11.5 Å². The van der Waals surface area contributed by atoms with Gasteiger partial charge >= 0.3 is 0 Å². The Balaban J connectivity index is 0.000000720. The van der Waals surface area contributed by atoms with Gasteiger partial charge < -0.3 is 15.2 Å². The molecule has 5 heteroatoms. The monoisotopic (exact) mass is 278 g/mol. The number of aromatic amines is 1. The zero-order valence-corrected chi connectivity index (χ0v) is 8.31. The molecule has 0 aliphatic heterocycles. The summed E-state index contributed by atoms with van der Waals surface area (Å²) in [6, 6.07) is 2.81. The summed E-state index contributed by atoms with van der Waals surface area (Å²) < 4.78 is 0. The van der Waals surface area contributed by atoms with E-state index in [-0.39, 0.29) is 35.5 Å². The highest BCUT2D eigenvalue weighted by molar-refractivity contribution is 14.0. The Morgan fingerprint density at radius 2 is 1.83 bits per heavy atom. The maximum absolute atomic E-state index is 9.20. The third kappa shape index (κ3) is 1.20. The number of hydrogen-bond donors (Lipinski definition) is 3. The molecule has 0 unspecified atom stereocenters. The second-order valence-electron chi connectivity index (χ2n) is 2.23. The Labute approximate surface area is 85.3 Å². The van der Waals surface area contributed by atoms with E-state index in [4.69, 9.17) is 0 Å². The van der Waals surface area contributed by atoms with Crippen molar-refractivity contribution in [3.63, 3.8) is 0 Å². The van der Waals surface area contributed by atoms with E-state index in [9.17, 15) is 10.2 Å². The SMILES string of the molecule is I.Oc1ccc(O)c2[nH]cnc12. The van der Waals surface area contributed by atoms with E-state index in [1.165, 1.54) is 18.5 Å². The van der Waals surface area contributed by atoms with Gasteiger partial charge in [-0.3, -0.25) is 0 Å². The maximum atomic E-state index is 9.20. The van der Waals surface area contributed by atoms with Crippen LogP contribution in [0.25, 0.3) is 11.0 Å². The van der Waals surface area contributed by atoms with Crippen LogP contribution in [0.4, 0.5) is 0 Å². The molecule has 4 nitrogen and oxygen atoms in total. The van der Waals surface area contributed by atoms with Crippen molar-refractivity contribution < 1.29 is 10.2 Å². The van der Waals surface area contributed by atoms with E-state index < -0.39 is 0 Å². The molecule has 0 aliphatic carbocycles. The van der Waals surface area contributed by atoms with Gasteiger partial charge in [-0.15, -0.1) is 24.0 Å². The predicted octanol–water partition coefficient (Wildman–Crippen LogP) is 1.59. The quantitative estimate of drug-likeness (QED) is 0.506. The minimum absolute atomic E-state index is 0. The van der Waals surface area contributed by atoms with E-state index in [1.54, 1.807) is 0 Å². The van der Waals surface area contributed by atoms with E-state index in [2.05, 4.69) is 9.97 Å². The summed E-state index contributed by atoms with van der Waals surface area (Å²) >= 11 is 0. The van der Waals surface area contributed by atoms with Gasteiger partial charge in [0, 0.05) is 0 Å². The summed E-state index contributed by atoms with van der Waals surface area (Å²) in [5.74, 6) is 0.161. The Kier molecular flexibility index (Phi) is 2.41. The topological polar surface area (TPSA) is 69.1 Å². The van der Waals surface area contributed by atoms with Gasteiger partial charge in [-0.05, 0) is 12.1 Å². The highest BCUT2D eigenvalue weighted by atomic mass is 127. The molecule has 1 aromatic heterocycles. The van der Waals surface area contributed by atoms with Crippen LogP contribution < -0.4 is 0 Å². The molecule has 64 valence electrons. The molecule has 0 saturated heterocycles. The van der Waals surface area contributed by atoms with Gasteiger partial charge in [-0.2, -0.15) is 0 Å². The van der Waals surface area contributed by atoms with E-state index in [0.29, 0.717) is 11.0 Å². The van der Waals surface area contributed by atoms with E-state index >= 15 is 0 Å². The van der Waals surface area contributed by atoms with Gasteiger partial charge in [0.1, 0.15) is 22.5 Å². The third-order valence-corrected chi connectivity index (χ3v) is 1.54. The number of phenols is 2. The van der Waals surface area contributed by atoms with E-state index in [0.717, 1.165) is 0 Å². The highest BCUT2D eigenvalue weighted by Crippen LogP contribution is 2.27. The largest absolute Gasteiger partial charge is 0.506 e. The van der Waals surface area contributed by atoms with Crippen molar-refractivity contribution in [2.45, 2.75) is 0 Å². The van der Waals surface area contributed by atoms with Crippen LogP contribution in [0.5, 0.6) is 11.5 Å². The Morgan fingerprint density at radius 3 is 2.50 bits per heavy atom. The molecule has 3 N–H and O–H groups in total. The van der Waals surface area contributed by atoms with E-state index in [1.807, 2.05) is 0 Å². The van der Waals surface area contributed by atoms with Crippen LogP contribution in [0, 0.1) is 0 Å². The maximum Gasteiger partial charge on any atom is 0.143 e. The molecule has 0 atom stereocenters. The smallest absolute Gasteiger partial charge is 0.143 e. The fraction of sp³-hybridized carbons (Fsp3) is 0. The normalized spacial score (nSPS) is 9.67. The lowest BCUT2D eigenvalue weighted by Gasteiger charge is -1.94. The fourth-order valence-corrected chi connectivity index (χ4v) is 1.00. The van der Waals surface area contributed by atoms with Crippen LogP contribution in [0.3, 0.4) is 0 Å². The fourth-order valence-electron chi connectivity index (χ4n) is 1.00. The highest BCUT2D eigenvalue weighted by Gasteiger charge is 2.04. The van der Waals surface area contributed by atoms with Crippen LogP contribution in [0.15, 0.2) is 18.5 Å². The number of fused-ring (bicyclic) bond motifs is 1. The van der Waals surface area contributed by atoms with Crippen LogP contribution in [0.2, 0.25) is 0 Å². The second-order valence-corrected chi connectivity index (χ2v) is 2.23. The van der Waals surface area contributed by atoms with Gasteiger partial charge in [0.2, 0.25) is 0 Å². The second kappa shape index (κ2) is 3.18. The number of nitrogens with zero attached hydrogens (tertiary/aromatic N) is 1. The molecule has 0 radical (unpaired) electrons. The molecular weight excluding hydrogens is 271 g/mol. The number of halogens is 1. The third-order valence-electron chi connectivity index (χ3n) is 1.54. The molecule has 12 heavy (non-hydrogen) atoms. The number of imidazole rings is 1. The predicted molar refractivity (Wildman–Crippen MR) is 54.8 cm³/mol. The summed E-state index contributed by atoms with van der Waals surface area (Å²) in [5, 5.41) is 18.4. The Bertz CT molecular complexity index is 363. The van der Waals surface area contributed by atoms with Crippen molar-refractivity contribution in [1.82, 2.24) is 9.97 Å². The summed E-state index contributed by atoms with van der Waals surface area (Å²) in [5.41, 5.74) is 0.856. The molecule has 0 spiro atoms. The van der Waals surface area contributed by atoms with Crippen LogP contribution in [0.1, 0.15) is 0 Å². The van der Waals surface area contributed by atoms with Gasteiger partial charge in [-0.25, -0.2) is 4.98 Å². The number of benzene rings is 1. The van der Waals surface area contributed by atoms with Crippen molar-refractivity contribution >= 4 is 35.0 Å². The molecule has 0 saturated carbocycles. The van der Waals surface area contributed by atoms with Gasteiger partial charge in [0.05, 0.1) is 6.33 Å². The van der Waals surface area contributed by atoms with Gasteiger partial charge in [0.25, 0.3) is 0 Å². The zero-order valence-electron chi connectivity index (χ0n) is 5.98. The van der Waals surface area contributed by atoms with Gasteiger partial charge in [-0.1, -0.05) is 0 Å². The zero-order chi connectivity index (χ0) is 7.84. The molecule has 1 aromatic carbocycles. The minimum Gasteiger partial charge on any atom is -0.506 e. The van der Waals surface area contributed by atoms with Crippen LogP contribution >= 0.6 is 24.0 Å². The first-order chi connectivity index (χ1) is 5.29. The minimum atomic E-state index is 0. The average Bonchev–Trinajstić information content (AvgIpc) is 2.45. The summed E-state index contributed by atoms with van der Waals surface area (Å²) in [6.45, 7) is 0. The Morgan fingerprint density at radius 1 is 1.17 bits per heavy atom. The first kappa shape index (κ1) is 9.11. The standard InChI is InChI=1S/C7H6N2O2.HI/c10-4-1-2-5(11)7-6(4)8-3-9-7;/h1-3,10-11H,(H,8,9);1H. The Hall–Kier alpha value is -0.980. The van der Waals surface area contributed by atoms with Crippen molar-refractivity contribution in [1.29, 1.82) is 0 Å². The summed E-state index contributed by atoms with van der Waals surface area (Å²) in [7, 11) is 0. The molecule has 1 heterocycles. The molecule has 0 amide bonds. The molecule has 0 fully saturated rings.